The van der Waals surface area contributed by atoms with E-state index in [9.17, 15) is 4.39 Å². The molecule has 0 spiro atoms. The van der Waals surface area contributed by atoms with Gasteiger partial charge in [-0.2, -0.15) is 9.37 Å². The first kappa shape index (κ1) is 13.5. The molecule has 0 saturated heterocycles. The van der Waals surface area contributed by atoms with Crippen LogP contribution in [0.2, 0.25) is 5.28 Å². The molecular weight excluding hydrogens is 271 g/mol. The van der Waals surface area contributed by atoms with Crippen LogP contribution >= 0.6 is 11.6 Å². The predicted molar refractivity (Wildman–Crippen MR) is 69.3 cm³/mol. The van der Waals surface area contributed by atoms with Gasteiger partial charge in [0.2, 0.25) is 11.1 Å². The van der Waals surface area contributed by atoms with Crippen molar-refractivity contribution in [2.45, 2.75) is 13.3 Å². The molecule has 0 radical (unpaired) electrons. The van der Waals surface area contributed by atoms with E-state index < -0.39 is 5.82 Å². The van der Waals surface area contributed by atoms with Crippen molar-refractivity contribution < 1.29 is 13.9 Å². The first-order chi connectivity index (χ1) is 9.19. The Morgan fingerprint density at radius 1 is 1.21 bits per heavy atom. The van der Waals surface area contributed by atoms with Crippen LogP contribution in [-0.2, 0) is 0 Å². The number of rotatable bonds is 5. The molecule has 0 aliphatic carbocycles. The van der Waals surface area contributed by atoms with E-state index in [0.717, 1.165) is 18.4 Å². The van der Waals surface area contributed by atoms with Gasteiger partial charge in [0.05, 0.1) is 12.8 Å². The molecule has 0 bridgehead atoms. The highest BCUT2D eigenvalue weighted by atomic mass is 35.5. The van der Waals surface area contributed by atoms with Crippen molar-refractivity contribution in [1.82, 2.24) is 9.97 Å². The largest absolute Gasteiger partial charge is 0.494 e. The lowest BCUT2D eigenvalue weighted by atomic mass is 10.3. The molecule has 0 aliphatic heterocycles. The molecule has 1 aromatic carbocycles. The van der Waals surface area contributed by atoms with E-state index in [2.05, 4.69) is 9.97 Å². The molecule has 0 saturated carbocycles. The number of benzene rings is 1. The Balaban J connectivity index is 2.08. The Morgan fingerprint density at radius 3 is 2.58 bits per heavy atom. The Bertz CT molecular complexity index is 549. The van der Waals surface area contributed by atoms with Crippen molar-refractivity contribution in [3.63, 3.8) is 0 Å². The fourth-order valence-corrected chi connectivity index (χ4v) is 1.46. The minimum atomic E-state index is -0.671. The molecule has 1 aromatic heterocycles. The highest BCUT2D eigenvalue weighted by Crippen LogP contribution is 2.24. The first-order valence-corrected chi connectivity index (χ1v) is 6.15. The van der Waals surface area contributed by atoms with Crippen LogP contribution in [0.5, 0.6) is 17.4 Å². The number of hydrogen-bond acceptors (Lipinski definition) is 4. The van der Waals surface area contributed by atoms with Gasteiger partial charge in [-0.15, -0.1) is 0 Å². The molecule has 0 atom stereocenters. The molecule has 19 heavy (non-hydrogen) atoms. The fraction of sp³-hybridized carbons (Fsp3) is 0.231. The lowest BCUT2D eigenvalue weighted by molar-refractivity contribution is 0.317. The summed E-state index contributed by atoms with van der Waals surface area (Å²) in [6.07, 6.45) is 1.90. The summed E-state index contributed by atoms with van der Waals surface area (Å²) in [4.78, 5) is 7.17. The van der Waals surface area contributed by atoms with Crippen molar-refractivity contribution >= 4 is 11.6 Å². The summed E-state index contributed by atoms with van der Waals surface area (Å²) in [6.45, 7) is 2.68. The Morgan fingerprint density at radius 2 is 1.89 bits per heavy atom. The zero-order chi connectivity index (χ0) is 13.7. The molecule has 6 heteroatoms. The summed E-state index contributed by atoms with van der Waals surface area (Å²) in [5.41, 5.74) is 0. The van der Waals surface area contributed by atoms with E-state index in [1.165, 1.54) is 0 Å². The zero-order valence-electron chi connectivity index (χ0n) is 10.3. The number of ether oxygens (including phenoxy) is 2. The van der Waals surface area contributed by atoms with Crippen molar-refractivity contribution in [1.29, 1.82) is 0 Å². The van der Waals surface area contributed by atoms with Gasteiger partial charge in [-0.1, -0.05) is 6.92 Å². The normalized spacial score (nSPS) is 10.3. The van der Waals surface area contributed by atoms with Gasteiger partial charge in [0.1, 0.15) is 11.5 Å². The maximum absolute atomic E-state index is 13.4. The van der Waals surface area contributed by atoms with Gasteiger partial charge in [-0.25, -0.2) is 4.98 Å². The highest BCUT2D eigenvalue weighted by molar-refractivity contribution is 6.28. The van der Waals surface area contributed by atoms with Gasteiger partial charge in [-0.05, 0) is 42.3 Å². The molecule has 2 rings (SSSR count). The number of hydrogen-bond donors (Lipinski definition) is 0. The SMILES string of the molecule is CCCOc1ccc(Oc2nc(Cl)ncc2F)cc1. The van der Waals surface area contributed by atoms with Crippen molar-refractivity contribution in [2.75, 3.05) is 6.61 Å². The first-order valence-electron chi connectivity index (χ1n) is 5.78. The molecule has 1 heterocycles. The summed E-state index contributed by atoms with van der Waals surface area (Å²) in [5, 5.41) is -0.0701. The topological polar surface area (TPSA) is 44.2 Å². The van der Waals surface area contributed by atoms with Crippen molar-refractivity contribution in [2.24, 2.45) is 0 Å². The third kappa shape index (κ3) is 3.79. The predicted octanol–water partition coefficient (Wildman–Crippen LogP) is 3.85. The van der Waals surface area contributed by atoms with E-state index in [1.54, 1.807) is 24.3 Å². The van der Waals surface area contributed by atoms with Gasteiger partial charge in [0.25, 0.3) is 5.88 Å². The van der Waals surface area contributed by atoms with E-state index >= 15 is 0 Å². The Hall–Kier alpha value is -1.88. The van der Waals surface area contributed by atoms with E-state index in [-0.39, 0.29) is 11.2 Å². The summed E-state index contributed by atoms with van der Waals surface area (Å²) >= 11 is 5.58. The standard InChI is InChI=1S/C13H12ClFN2O2/c1-2-7-18-9-3-5-10(6-4-9)19-12-11(15)8-16-13(14)17-12/h3-6,8H,2,7H2,1H3. The average molecular weight is 283 g/mol. The van der Waals surface area contributed by atoms with Crippen molar-refractivity contribution in [3.8, 4) is 17.4 Å². The summed E-state index contributed by atoms with van der Waals surface area (Å²) in [7, 11) is 0. The second kappa shape index (κ2) is 6.33. The molecule has 2 aromatic rings. The smallest absolute Gasteiger partial charge is 0.260 e. The second-order valence-electron chi connectivity index (χ2n) is 3.71. The van der Waals surface area contributed by atoms with Crippen LogP contribution < -0.4 is 9.47 Å². The van der Waals surface area contributed by atoms with Gasteiger partial charge in [0.15, 0.2) is 0 Å². The third-order valence-electron chi connectivity index (χ3n) is 2.19. The van der Waals surface area contributed by atoms with E-state index in [0.29, 0.717) is 12.4 Å². The van der Waals surface area contributed by atoms with Crippen molar-refractivity contribution in [3.05, 3.63) is 41.6 Å². The quantitative estimate of drug-likeness (QED) is 0.781. The zero-order valence-corrected chi connectivity index (χ0v) is 11.0. The number of nitrogens with zero attached hydrogens (tertiary/aromatic N) is 2. The van der Waals surface area contributed by atoms with Crippen LogP contribution in [0.3, 0.4) is 0 Å². The monoisotopic (exact) mass is 282 g/mol. The molecule has 100 valence electrons. The lowest BCUT2D eigenvalue weighted by Gasteiger charge is -2.07. The Kier molecular flexibility index (Phi) is 4.52. The average Bonchev–Trinajstić information content (AvgIpc) is 2.42. The number of aromatic nitrogens is 2. The molecule has 0 fully saturated rings. The van der Waals surface area contributed by atoms with Crippen LogP contribution in [0, 0.1) is 5.82 Å². The summed E-state index contributed by atoms with van der Waals surface area (Å²) < 4.78 is 24.1. The molecule has 4 nitrogen and oxygen atoms in total. The third-order valence-corrected chi connectivity index (χ3v) is 2.38. The van der Waals surface area contributed by atoms with Gasteiger partial charge < -0.3 is 9.47 Å². The van der Waals surface area contributed by atoms with Crippen LogP contribution in [0.4, 0.5) is 4.39 Å². The van der Waals surface area contributed by atoms with Gasteiger partial charge in [-0.3, -0.25) is 0 Å². The highest BCUT2D eigenvalue weighted by Gasteiger charge is 2.08. The number of halogens is 2. The van der Waals surface area contributed by atoms with Crippen LogP contribution in [0.25, 0.3) is 0 Å². The summed E-state index contributed by atoms with van der Waals surface area (Å²) in [5.74, 6) is 0.297. The lowest BCUT2D eigenvalue weighted by Crippen LogP contribution is -1.96. The molecule has 0 amide bonds. The van der Waals surface area contributed by atoms with E-state index in [1.807, 2.05) is 6.92 Å². The van der Waals surface area contributed by atoms with Crippen LogP contribution in [-0.4, -0.2) is 16.6 Å². The minimum Gasteiger partial charge on any atom is -0.494 e. The van der Waals surface area contributed by atoms with Gasteiger partial charge >= 0.3 is 0 Å². The molecule has 0 N–H and O–H groups in total. The van der Waals surface area contributed by atoms with Gasteiger partial charge in [0, 0.05) is 0 Å². The maximum Gasteiger partial charge on any atom is 0.260 e. The second-order valence-corrected chi connectivity index (χ2v) is 4.05. The molecule has 0 aliphatic rings. The van der Waals surface area contributed by atoms with Crippen LogP contribution in [0.15, 0.2) is 30.5 Å². The molecular formula is C13H12ClFN2O2. The minimum absolute atomic E-state index is 0.0701. The molecule has 0 unspecified atom stereocenters. The fourth-order valence-electron chi connectivity index (χ4n) is 1.34. The maximum atomic E-state index is 13.4. The Labute approximate surface area is 115 Å². The van der Waals surface area contributed by atoms with Crippen LogP contribution in [0.1, 0.15) is 13.3 Å². The summed E-state index contributed by atoms with van der Waals surface area (Å²) in [6, 6.07) is 6.82. The van der Waals surface area contributed by atoms with E-state index in [4.69, 9.17) is 21.1 Å².